The van der Waals surface area contributed by atoms with Crippen LogP contribution >= 0.6 is 11.3 Å². The summed E-state index contributed by atoms with van der Waals surface area (Å²) < 4.78 is 1.19. The van der Waals surface area contributed by atoms with Crippen molar-refractivity contribution in [1.29, 1.82) is 0 Å². The van der Waals surface area contributed by atoms with Crippen LogP contribution in [0.15, 0.2) is 23.7 Å². The smallest absolute Gasteiger partial charge is 0.109 e. The summed E-state index contributed by atoms with van der Waals surface area (Å²) in [7, 11) is 0. The summed E-state index contributed by atoms with van der Waals surface area (Å²) in [5, 5.41) is 39.8. The van der Waals surface area contributed by atoms with Crippen LogP contribution in [-0.4, -0.2) is 87.4 Å². The Morgan fingerprint density at radius 3 is 2.81 bits per heavy atom. The van der Waals surface area contributed by atoms with Crippen molar-refractivity contribution in [1.82, 2.24) is 9.88 Å². The number of thiazole rings is 1. The number of rotatable bonds is 4. The number of aromatic nitrogens is 1. The van der Waals surface area contributed by atoms with E-state index in [0.717, 1.165) is 37.1 Å². The molecule has 1 aromatic carbocycles. The Morgan fingerprint density at radius 1 is 1.15 bits per heavy atom. The maximum Gasteiger partial charge on any atom is 0.109 e. The Morgan fingerprint density at radius 2 is 2.00 bits per heavy atom. The van der Waals surface area contributed by atoms with E-state index in [0.29, 0.717) is 12.5 Å². The van der Waals surface area contributed by atoms with E-state index in [1.54, 1.807) is 11.3 Å². The van der Waals surface area contributed by atoms with Gasteiger partial charge in [-0.15, -0.1) is 11.3 Å². The summed E-state index contributed by atoms with van der Waals surface area (Å²) in [4.78, 5) is 8.83. The molecule has 0 saturated carbocycles. The highest BCUT2D eigenvalue weighted by atomic mass is 32.1. The van der Waals surface area contributed by atoms with Crippen LogP contribution < -0.4 is 4.90 Å². The van der Waals surface area contributed by atoms with E-state index in [9.17, 15) is 20.4 Å². The number of piperidine rings is 2. The predicted octanol–water partition coefficient (Wildman–Crippen LogP) is 0.272. The molecule has 0 aliphatic carbocycles. The van der Waals surface area contributed by atoms with Crippen molar-refractivity contribution in [2.75, 3.05) is 37.7 Å². The fourth-order valence-electron chi connectivity index (χ4n) is 4.48. The molecule has 3 heterocycles. The first kappa shape index (κ1) is 19.0. The highest BCUT2D eigenvalue weighted by Gasteiger charge is 2.41. The van der Waals surface area contributed by atoms with Gasteiger partial charge in [0, 0.05) is 26.2 Å². The third kappa shape index (κ3) is 3.70. The molecule has 0 bridgehead atoms. The standard InChI is InChI=1S/C19H27N3O4S/c23-10-14-18(25)19(26)15(24)9-22(14)8-12-3-2-6-21(7-12)13-4-1-5-16-17(13)20-11-27-16/h1,4-5,11-12,14-15,18-19,23-26H,2-3,6-10H2/t12-,14-,15-,18+,19+/m0/s1. The zero-order valence-electron chi connectivity index (χ0n) is 15.2. The number of hydrogen-bond donors (Lipinski definition) is 4. The van der Waals surface area contributed by atoms with Gasteiger partial charge in [-0.2, -0.15) is 0 Å². The van der Waals surface area contributed by atoms with Crippen LogP contribution in [-0.2, 0) is 0 Å². The van der Waals surface area contributed by atoms with E-state index in [1.807, 2.05) is 10.4 Å². The second kappa shape index (κ2) is 7.98. The molecule has 0 radical (unpaired) electrons. The van der Waals surface area contributed by atoms with Gasteiger partial charge in [0.25, 0.3) is 0 Å². The molecule has 2 fully saturated rings. The fourth-order valence-corrected chi connectivity index (χ4v) is 5.18. The first-order chi connectivity index (χ1) is 13.1. The van der Waals surface area contributed by atoms with E-state index >= 15 is 0 Å². The highest BCUT2D eigenvalue weighted by Crippen LogP contribution is 2.32. The van der Waals surface area contributed by atoms with Crippen LogP contribution in [0.2, 0.25) is 0 Å². The van der Waals surface area contributed by atoms with Gasteiger partial charge in [0.05, 0.1) is 34.7 Å². The molecule has 1 aromatic heterocycles. The Bertz CT molecular complexity index is 772. The minimum atomic E-state index is -1.21. The summed E-state index contributed by atoms with van der Waals surface area (Å²) >= 11 is 1.65. The largest absolute Gasteiger partial charge is 0.395 e. The van der Waals surface area contributed by atoms with Gasteiger partial charge in [-0.05, 0) is 30.9 Å². The maximum atomic E-state index is 10.2. The van der Waals surface area contributed by atoms with Gasteiger partial charge < -0.3 is 25.3 Å². The molecule has 2 saturated heterocycles. The van der Waals surface area contributed by atoms with Crippen molar-refractivity contribution in [3.63, 3.8) is 0 Å². The Labute approximate surface area is 162 Å². The number of benzene rings is 1. The van der Waals surface area contributed by atoms with Gasteiger partial charge in [-0.25, -0.2) is 4.98 Å². The van der Waals surface area contributed by atoms with E-state index in [1.165, 1.54) is 4.70 Å². The molecule has 148 valence electrons. The maximum absolute atomic E-state index is 10.2. The molecule has 7 nitrogen and oxygen atoms in total. The van der Waals surface area contributed by atoms with E-state index in [2.05, 4.69) is 28.1 Å². The molecule has 0 spiro atoms. The first-order valence-corrected chi connectivity index (χ1v) is 10.4. The fraction of sp³-hybridized carbons (Fsp3) is 0.632. The number of fused-ring (bicyclic) bond motifs is 1. The van der Waals surface area contributed by atoms with Crippen molar-refractivity contribution in [3.05, 3.63) is 23.7 Å². The molecule has 2 aromatic rings. The van der Waals surface area contributed by atoms with Gasteiger partial charge >= 0.3 is 0 Å². The number of nitrogens with zero attached hydrogens (tertiary/aromatic N) is 3. The Hall–Kier alpha value is -1.29. The minimum Gasteiger partial charge on any atom is -0.395 e. The topological polar surface area (TPSA) is 100 Å². The Balaban J connectivity index is 1.48. The molecule has 27 heavy (non-hydrogen) atoms. The van der Waals surface area contributed by atoms with Crippen LogP contribution in [0.25, 0.3) is 10.2 Å². The van der Waals surface area contributed by atoms with Gasteiger partial charge in [-0.1, -0.05) is 6.07 Å². The third-order valence-corrected chi connectivity index (χ3v) is 6.70. The molecular weight excluding hydrogens is 366 g/mol. The zero-order chi connectivity index (χ0) is 19.0. The zero-order valence-corrected chi connectivity index (χ0v) is 16.0. The van der Waals surface area contributed by atoms with E-state index in [-0.39, 0.29) is 13.2 Å². The number of aliphatic hydroxyl groups excluding tert-OH is 4. The van der Waals surface area contributed by atoms with Crippen molar-refractivity contribution >= 4 is 27.2 Å². The number of para-hydroxylation sites is 1. The molecular formula is C19H27N3O4S. The SMILES string of the molecule is OC[C@H]1[C@@H](O)[C@H](O)[C@@H](O)CN1C[C@H]1CCCN(c2cccc3scnc23)C1. The summed E-state index contributed by atoms with van der Waals surface area (Å²) in [6.07, 6.45) is -1.21. The summed E-state index contributed by atoms with van der Waals surface area (Å²) in [6, 6.07) is 5.73. The van der Waals surface area contributed by atoms with Gasteiger partial charge in [0.15, 0.2) is 0 Å². The summed E-state index contributed by atoms with van der Waals surface area (Å²) in [5.74, 6) is 0.358. The summed E-state index contributed by atoms with van der Waals surface area (Å²) in [6.45, 7) is 2.57. The van der Waals surface area contributed by atoms with Crippen molar-refractivity contribution in [3.8, 4) is 0 Å². The quantitative estimate of drug-likeness (QED) is 0.592. The predicted molar refractivity (Wildman–Crippen MR) is 105 cm³/mol. The monoisotopic (exact) mass is 393 g/mol. The first-order valence-electron chi connectivity index (χ1n) is 9.54. The molecule has 0 unspecified atom stereocenters. The van der Waals surface area contributed by atoms with E-state index in [4.69, 9.17) is 0 Å². The molecule has 8 heteroatoms. The molecule has 2 aliphatic rings. The average molecular weight is 394 g/mol. The molecule has 4 N–H and O–H groups in total. The summed E-state index contributed by atoms with van der Waals surface area (Å²) in [5.41, 5.74) is 4.08. The lowest BCUT2D eigenvalue weighted by Crippen LogP contribution is -2.63. The molecule has 5 atom stereocenters. The van der Waals surface area contributed by atoms with E-state index < -0.39 is 24.4 Å². The van der Waals surface area contributed by atoms with Crippen molar-refractivity contribution in [2.24, 2.45) is 5.92 Å². The van der Waals surface area contributed by atoms with Crippen LogP contribution in [0.4, 0.5) is 5.69 Å². The number of anilines is 1. The number of hydrogen-bond acceptors (Lipinski definition) is 8. The van der Waals surface area contributed by atoms with Crippen molar-refractivity contribution < 1.29 is 20.4 Å². The van der Waals surface area contributed by atoms with Crippen LogP contribution in [0.1, 0.15) is 12.8 Å². The van der Waals surface area contributed by atoms with Gasteiger partial charge in [-0.3, -0.25) is 4.90 Å². The lowest BCUT2D eigenvalue weighted by Gasteiger charge is -2.45. The average Bonchev–Trinajstić information content (AvgIpc) is 3.15. The second-order valence-corrected chi connectivity index (χ2v) is 8.57. The van der Waals surface area contributed by atoms with Crippen LogP contribution in [0.5, 0.6) is 0 Å². The number of aliphatic hydroxyl groups is 4. The molecule has 0 amide bonds. The third-order valence-electron chi connectivity index (χ3n) is 5.91. The normalized spacial score (nSPS) is 32.9. The number of β-amino-alcohol motifs (C(OH)–C–C–N with tert-alkyl or cyclic N) is 1. The highest BCUT2D eigenvalue weighted by molar-refractivity contribution is 7.16. The molecule has 4 rings (SSSR count). The Kier molecular flexibility index (Phi) is 5.63. The number of likely N-dealkylation sites (tertiary alicyclic amines) is 1. The molecule has 2 aliphatic heterocycles. The van der Waals surface area contributed by atoms with Gasteiger partial charge in [0.2, 0.25) is 0 Å². The lowest BCUT2D eigenvalue weighted by molar-refractivity contribution is -0.147. The second-order valence-electron chi connectivity index (χ2n) is 7.68. The van der Waals surface area contributed by atoms with Crippen LogP contribution in [0.3, 0.4) is 0 Å². The minimum absolute atomic E-state index is 0.237. The van der Waals surface area contributed by atoms with Crippen molar-refractivity contribution in [2.45, 2.75) is 37.2 Å². The lowest BCUT2D eigenvalue weighted by atomic mass is 9.90. The van der Waals surface area contributed by atoms with Gasteiger partial charge in [0.1, 0.15) is 17.7 Å². The van der Waals surface area contributed by atoms with Crippen LogP contribution in [0, 0.1) is 5.92 Å².